The lowest BCUT2D eigenvalue weighted by molar-refractivity contribution is -0.137. The number of alkyl halides is 3. The molecule has 2 nitrogen and oxygen atoms in total. The van der Waals surface area contributed by atoms with Crippen LogP contribution in [0.2, 0.25) is 0 Å². The Morgan fingerprint density at radius 1 is 1.32 bits per heavy atom. The van der Waals surface area contributed by atoms with Crippen molar-refractivity contribution in [2.45, 2.75) is 25.2 Å². The van der Waals surface area contributed by atoms with Crippen LogP contribution in [0.1, 0.15) is 17.5 Å². The zero-order valence-corrected chi connectivity index (χ0v) is 10.6. The van der Waals surface area contributed by atoms with Crippen LogP contribution in [-0.2, 0) is 12.7 Å². The molecule has 106 valence electrons. The highest BCUT2D eigenvalue weighted by Gasteiger charge is 2.31. The third-order valence-electron chi connectivity index (χ3n) is 3.37. The van der Waals surface area contributed by atoms with E-state index in [1.165, 1.54) is 0 Å². The fourth-order valence-corrected chi connectivity index (χ4v) is 2.34. The smallest absolute Gasteiger partial charge is 0.315 e. The molecule has 0 amide bonds. The van der Waals surface area contributed by atoms with Gasteiger partial charge in [-0.3, -0.25) is 4.90 Å². The lowest BCUT2D eigenvalue weighted by Crippen LogP contribution is -2.32. The molecule has 2 rings (SSSR count). The van der Waals surface area contributed by atoms with Gasteiger partial charge in [-0.1, -0.05) is 0 Å². The zero-order valence-electron chi connectivity index (χ0n) is 10.6. The van der Waals surface area contributed by atoms with Crippen LogP contribution >= 0.6 is 0 Å². The van der Waals surface area contributed by atoms with Crippen molar-refractivity contribution in [3.8, 4) is 0 Å². The van der Waals surface area contributed by atoms with Gasteiger partial charge in [0.25, 0.3) is 0 Å². The maximum absolute atomic E-state index is 13.3. The van der Waals surface area contributed by atoms with E-state index in [0.29, 0.717) is 18.2 Å². The average Bonchev–Trinajstić information content (AvgIpc) is 2.80. The van der Waals surface area contributed by atoms with Gasteiger partial charge in [-0.2, -0.15) is 13.2 Å². The first kappa shape index (κ1) is 14.3. The summed E-state index contributed by atoms with van der Waals surface area (Å²) in [5.41, 5.74) is -0.581. The van der Waals surface area contributed by atoms with Gasteiger partial charge < -0.3 is 5.32 Å². The molecule has 1 saturated heterocycles. The Kier molecular flexibility index (Phi) is 4.10. The minimum absolute atomic E-state index is 0.289. The lowest BCUT2D eigenvalue weighted by Gasteiger charge is -2.23. The third kappa shape index (κ3) is 3.67. The fraction of sp³-hybridized carbons (Fsp3) is 0.538. The molecule has 0 bridgehead atoms. The predicted octanol–water partition coefficient (Wildman–Crippen LogP) is 2.64. The van der Waals surface area contributed by atoms with Crippen LogP contribution in [0.25, 0.3) is 0 Å². The van der Waals surface area contributed by atoms with Crippen LogP contribution in [0.15, 0.2) is 18.2 Å². The molecule has 1 aliphatic rings. The molecule has 0 aliphatic carbocycles. The highest BCUT2D eigenvalue weighted by Crippen LogP contribution is 2.30. The van der Waals surface area contributed by atoms with Crippen molar-refractivity contribution >= 4 is 0 Å². The normalized spacial score (nSPS) is 20.2. The van der Waals surface area contributed by atoms with Gasteiger partial charge >= 0.3 is 6.18 Å². The molecule has 1 aromatic rings. The van der Waals surface area contributed by atoms with Gasteiger partial charge in [-0.05, 0) is 43.8 Å². The lowest BCUT2D eigenvalue weighted by atomic mass is 10.1. The summed E-state index contributed by atoms with van der Waals surface area (Å²) in [5, 5.41) is 3.19. The molecule has 0 aromatic heterocycles. The van der Waals surface area contributed by atoms with Gasteiger partial charge in [0.1, 0.15) is 5.82 Å². The van der Waals surface area contributed by atoms with Gasteiger partial charge in [0.15, 0.2) is 0 Å². The van der Waals surface area contributed by atoms with Crippen molar-refractivity contribution in [2.24, 2.45) is 0 Å². The molecular weight excluding hydrogens is 260 g/mol. The predicted molar refractivity (Wildman–Crippen MR) is 64.1 cm³/mol. The zero-order chi connectivity index (χ0) is 14.0. The Morgan fingerprint density at radius 3 is 2.63 bits per heavy atom. The number of hydrogen-bond acceptors (Lipinski definition) is 2. The molecule has 6 heteroatoms. The molecule has 1 heterocycles. The van der Waals surface area contributed by atoms with Crippen molar-refractivity contribution in [1.82, 2.24) is 10.2 Å². The molecule has 0 spiro atoms. The molecule has 1 fully saturated rings. The Hall–Kier alpha value is -1.14. The molecule has 0 radical (unpaired) electrons. The number of rotatable bonds is 3. The largest absolute Gasteiger partial charge is 0.416 e. The second-order valence-corrected chi connectivity index (χ2v) is 4.91. The van der Waals surface area contributed by atoms with Crippen molar-refractivity contribution in [3.63, 3.8) is 0 Å². The topological polar surface area (TPSA) is 15.3 Å². The summed E-state index contributed by atoms with van der Waals surface area (Å²) >= 11 is 0. The summed E-state index contributed by atoms with van der Waals surface area (Å²) < 4.78 is 51.0. The van der Waals surface area contributed by atoms with E-state index >= 15 is 0 Å². The molecule has 19 heavy (non-hydrogen) atoms. The second-order valence-electron chi connectivity index (χ2n) is 4.91. The molecule has 1 N–H and O–H groups in total. The van der Waals surface area contributed by atoms with E-state index in [9.17, 15) is 17.6 Å². The third-order valence-corrected chi connectivity index (χ3v) is 3.37. The maximum Gasteiger partial charge on any atom is 0.416 e. The van der Waals surface area contributed by atoms with Crippen LogP contribution in [0.4, 0.5) is 17.6 Å². The van der Waals surface area contributed by atoms with Gasteiger partial charge in [0.05, 0.1) is 5.56 Å². The molecular formula is C13H16F4N2. The second kappa shape index (κ2) is 5.46. The van der Waals surface area contributed by atoms with Gasteiger partial charge in [0, 0.05) is 19.1 Å². The van der Waals surface area contributed by atoms with Crippen molar-refractivity contribution in [2.75, 3.05) is 20.1 Å². The minimum Gasteiger partial charge on any atom is -0.315 e. The first-order chi connectivity index (χ1) is 8.86. The summed E-state index contributed by atoms with van der Waals surface area (Å²) in [7, 11) is 1.84. The summed E-state index contributed by atoms with van der Waals surface area (Å²) in [6.45, 7) is 2.04. The Bertz CT molecular complexity index is 439. The van der Waals surface area contributed by atoms with E-state index in [2.05, 4.69) is 5.32 Å². The first-order valence-corrected chi connectivity index (χ1v) is 6.14. The van der Waals surface area contributed by atoms with E-state index in [1.54, 1.807) is 0 Å². The fourth-order valence-electron chi connectivity index (χ4n) is 2.34. The minimum atomic E-state index is -4.51. The Labute approximate surface area is 109 Å². The Balaban J connectivity index is 2.13. The van der Waals surface area contributed by atoms with Crippen LogP contribution < -0.4 is 5.32 Å². The van der Waals surface area contributed by atoms with E-state index in [4.69, 9.17) is 0 Å². The van der Waals surface area contributed by atoms with Crippen LogP contribution in [-0.4, -0.2) is 31.1 Å². The molecule has 1 aliphatic heterocycles. The summed E-state index contributed by atoms with van der Waals surface area (Å²) in [6, 6.07) is 2.99. The van der Waals surface area contributed by atoms with Crippen molar-refractivity contribution in [3.05, 3.63) is 35.1 Å². The monoisotopic (exact) mass is 276 g/mol. The number of likely N-dealkylation sites (N-methyl/N-ethyl adjacent to an activating group) is 1. The van der Waals surface area contributed by atoms with Crippen molar-refractivity contribution < 1.29 is 17.6 Å². The van der Waals surface area contributed by atoms with Crippen LogP contribution in [0, 0.1) is 5.82 Å². The first-order valence-electron chi connectivity index (χ1n) is 6.14. The summed E-state index contributed by atoms with van der Waals surface area (Å²) in [4.78, 5) is 1.95. The highest BCUT2D eigenvalue weighted by atomic mass is 19.4. The van der Waals surface area contributed by atoms with Crippen molar-refractivity contribution in [1.29, 1.82) is 0 Å². The van der Waals surface area contributed by atoms with Crippen LogP contribution in [0.5, 0.6) is 0 Å². The number of halogens is 4. The van der Waals surface area contributed by atoms with E-state index in [0.717, 1.165) is 31.6 Å². The summed E-state index contributed by atoms with van der Waals surface area (Å²) in [6.07, 6.45) is -3.55. The number of nitrogens with zero attached hydrogens (tertiary/aromatic N) is 1. The quantitative estimate of drug-likeness (QED) is 0.854. The highest BCUT2D eigenvalue weighted by molar-refractivity contribution is 5.26. The number of nitrogens with one attached hydrogen (secondary N) is 1. The van der Waals surface area contributed by atoms with Crippen LogP contribution in [0.3, 0.4) is 0 Å². The van der Waals surface area contributed by atoms with Gasteiger partial charge in [-0.25, -0.2) is 4.39 Å². The van der Waals surface area contributed by atoms with Gasteiger partial charge in [0.2, 0.25) is 0 Å². The standard InChI is InChI=1S/C13H16F4N2/c1-19(12-2-3-18-7-12)8-9-4-10(13(15,16)17)6-11(14)5-9/h4-6,12,18H,2-3,7-8H2,1H3. The number of hydrogen-bond donors (Lipinski definition) is 1. The molecule has 1 unspecified atom stereocenters. The van der Waals surface area contributed by atoms with Gasteiger partial charge in [-0.15, -0.1) is 0 Å². The number of benzene rings is 1. The molecule has 1 aromatic carbocycles. The SMILES string of the molecule is CN(Cc1cc(F)cc(C(F)(F)F)c1)C1CCNC1. The molecule has 0 saturated carbocycles. The van der Waals surface area contributed by atoms with E-state index in [1.807, 2.05) is 11.9 Å². The molecule has 1 atom stereocenters. The van der Waals surface area contributed by atoms with E-state index in [-0.39, 0.29) is 6.04 Å². The Morgan fingerprint density at radius 2 is 2.05 bits per heavy atom. The van der Waals surface area contributed by atoms with E-state index < -0.39 is 17.6 Å². The maximum atomic E-state index is 13.3. The summed E-state index contributed by atoms with van der Waals surface area (Å²) in [5.74, 6) is -0.845. The average molecular weight is 276 g/mol.